The Bertz CT molecular complexity index is 558. The molecule has 0 bridgehead atoms. The number of carbonyl (C=O) groups is 2. The molecule has 8 heteroatoms. The van der Waals surface area contributed by atoms with Crippen molar-refractivity contribution in [3.8, 4) is 0 Å². The van der Waals surface area contributed by atoms with Crippen molar-refractivity contribution >= 4 is 27.8 Å². The number of alkyl halides is 3. The van der Waals surface area contributed by atoms with Gasteiger partial charge in [0.2, 0.25) is 0 Å². The third-order valence-electron chi connectivity index (χ3n) is 2.76. The van der Waals surface area contributed by atoms with Crippen LogP contribution in [-0.2, 0) is 11.0 Å². The molecule has 0 aliphatic carbocycles. The van der Waals surface area contributed by atoms with Crippen molar-refractivity contribution in [2.45, 2.75) is 26.1 Å². The maximum Gasteiger partial charge on any atom is 0.416 e. The van der Waals surface area contributed by atoms with E-state index in [1.807, 2.05) is 0 Å². The second kappa shape index (κ2) is 6.46. The van der Waals surface area contributed by atoms with Crippen molar-refractivity contribution in [3.63, 3.8) is 0 Å². The zero-order valence-corrected chi connectivity index (χ0v) is 12.7. The average molecular weight is 368 g/mol. The fraction of sp³-hybridized carbons (Fsp3) is 0.385. The number of halogens is 4. The second-order valence-corrected chi connectivity index (χ2v) is 5.58. The Morgan fingerprint density at radius 2 is 1.86 bits per heavy atom. The lowest BCUT2D eigenvalue weighted by molar-refractivity contribution is -0.140. The molecule has 1 amide bonds. The summed E-state index contributed by atoms with van der Waals surface area (Å²) >= 11 is 2.99. The van der Waals surface area contributed by atoms with E-state index in [-0.39, 0.29) is 10.0 Å². The summed E-state index contributed by atoms with van der Waals surface area (Å²) < 4.78 is 38.1. The Morgan fingerprint density at radius 1 is 1.29 bits per heavy atom. The highest BCUT2D eigenvalue weighted by Crippen LogP contribution is 2.31. The number of carbonyl (C=O) groups excluding carboxylic acids is 1. The normalized spacial score (nSPS) is 13.1. The molecule has 1 rings (SSSR count). The third kappa shape index (κ3) is 4.45. The molecule has 0 saturated heterocycles. The number of aliphatic carboxylic acids is 1. The number of carboxylic acids is 1. The van der Waals surface area contributed by atoms with Gasteiger partial charge >= 0.3 is 12.1 Å². The Labute approximate surface area is 127 Å². The van der Waals surface area contributed by atoms with Gasteiger partial charge in [0, 0.05) is 4.47 Å². The fourth-order valence-corrected chi connectivity index (χ4v) is 2.03. The van der Waals surface area contributed by atoms with Gasteiger partial charge in [-0.05, 0) is 40.0 Å². The molecule has 0 aliphatic rings. The molecule has 0 saturated carbocycles. The minimum absolute atomic E-state index is 0.154. The van der Waals surface area contributed by atoms with Crippen molar-refractivity contribution in [1.29, 1.82) is 0 Å². The zero-order chi connectivity index (χ0) is 16.4. The molecule has 0 radical (unpaired) electrons. The van der Waals surface area contributed by atoms with Gasteiger partial charge in [0.1, 0.15) is 6.04 Å². The number of amides is 1. The van der Waals surface area contributed by atoms with Crippen LogP contribution in [0.4, 0.5) is 13.2 Å². The van der Waals surface area contributed by atoms with E-state index in [0.717, 1.165) is 12.1 Å². The first-order valence-electron chi connectivity index (χ1n) is 5.94. The fourth-order valence-electron chi connectivity index (χ4n) is 1.61. The Balaban J connectivity index is 3.10. The van der Waals surface area contributed by atoms with Crippen molar-refractivity contribution < 1.29 is 27.9 Å². The molecule has 1 atom stereocenters. The maximum absolute atomic E-state index is 12.6. The molecule has 1 aromatic rings. The molecule has 0 fully saturated rings. The predicted octanol–water partition coefficient (Wildman–Crippen LogP) is 3.31. The van der Waals surface area contributed by atoms with Crippen molar-refractivity contribution in [2.24, 2.45) is 5.92 Å². The molecule has 0 heterocycles. The molecule has 0 aliphatic heterocycles. The highest BCUT2D eigenvalue weighted by Gasteiger charge is 2.32. The van der Waals surface area contributed by atoms with Crippen LogP contribution in [0, 0.1) is 5.92 Å². The minimum Gasteiger partial charge on any atom is -0.480 e. The number of benzene rings is 1. The van der Waals surface area contributed by atoms with E-state index < -0.39 is 35.6 Å². The lowest BCUT2D eigenvalue weighted by atomic mass is 10.0. The van der Waals surface area contributed by atoms with E-state index in [4.69, 9.17) is 5.11 Å². The first kappa shape index (κ1) is 17.5. The van der Waals surface area contributed by atoms with Crippen LogP contribution in [0.15, 0.2) is 22.7 Å². The van der Waals surface area contributed by atoms with Gasteiger partial charge in [-0.1, -0.05) is 13.8 Å². The number of carboxylic acid groups (broad SMARTS) is 1. The lowest BCUT2D eigenvalue weighted by Crippen LogP contribution is -2.44. The van der Waals surface area contributed by atoms with Gasteiger partial charge in [0.25, 0.3) is 5.91 Å². The van der Waals surface area contributed by atoms with Crippen LogP contribution >= 0.6 is 15.9 Å². The summed E-state index contributed by atoms with van der Waals surface area (Å²) in [5, 5.41) is 11.2. The van der Waals surface area contributed by atoms with E-state index in [2.05, 4.69) is 21.2 Å². The quantitative estimate of drug-likeness (QED) is 0.857. The largest absolute Gasteiger partial charge is 0.480 e. The zero-order valence-electron chi connectivity index (χ0n) is 11.2. The van der Waals surface area contributed by atoms with Gasteiger partial charge in [0.15, 0.2) is 0 Å². The summed E-state index contributed by atoms with van der Waals surface area (Å²) in [6, 6.07) is 1.43. The van der Waals surface area contributed by atoms with E-state index in [1.54, 1.807) is 13.8 Å². The summed E-state index contributed by atoms with van der Waals surface area (Å²) in [5.74, 6) is -2.54. The van der Waals surface area contributed by atoms with Crippen LogP contribution in [0.1, 0.15) is 29.8 Å². The highest BCUT2D eigenvalue weighted by molar-refractivity contribution is 9.10. The van der Waals surface area contributed by atoms with Gasteiger partial charge in [-0.2, -0.15) is 13.2 Å². The molecular weight excluding hydrogens is 355 g/mol. The molecule has 4 nitrogen and oxygen atoms in total. The van der Waals surface area contributed by atoms with E-state index >= 15 is 0 Å². The molecule has 0 aromatic heterocycles. The molecule has 2 N–H and O–H groups in total. The summed E-state index contributed by atoms with van der Waals surface area (Å²) in [4.78, 5) is 23.0. The molecule has 116 valence electrons. The summed E-state index contributed by atoms with van der Waals surface area (Å²) in [6.45, 7) is 3.17. The number of hydrogen-bond acceptors (Lipinski definition) is 2. The van der Waals surface area contributed by atoms with E-state index in [9.17, 15) is 22.8 Å². The van der Waals surface area contributed by atoms with Crippen LogP contribution in [0.5, 0.6) is 0 Å². The number of nitrogens with one attached hydrogen (secondary N) is 1. The van der Waals surface area contributed by atoms with Crippen molar-refractivity contribution in [1.82, 2.24) is 5.32 Å². The smallest absolute Gasteiger partial charge is 0.416 e. The molecule has 1 unspecified atom stereocenters. The number of hydrogen-bond donors (Lipinski definition) is 2. The molecule has 0 spiro atoms. The van der Waals surface area contributed by atoms with Crippen molar-refractivity contribution in [3.05, 3.63) is 33.8 Å². The monoisotopic (exact) mass is 367 g/mol. The first-order chi connectivity index (χ1) is 9.54. The third-order valence-corrected chi connectivity index (χ3v) is 3.45. The standard InChI is InChI=1S/C13H13BrF3NO3/c1-6(2)10(12(20)21)18-11(19)8-5-7(13(15,16)17)3-4-9(8)14/h3-6,10H,1-2H3,(H,18,19)(H,20,21). The minimum atomic E-state index is -4.58. The number of rotatable bonds is 4. The van der Waals surface area contributed by atoms with Gasteiger partial charge < -0.3 is 10.4 Å². The van der Waals surface area contributed by atoms with E-state index in [0.29, 0.717) is 6.07 Å². The van der Waals surface area contributed by atoms with Crippen molar-refractivity contribution in [2.75, 3.05) is 0 Å². The predicted molar refractivity (Wildman–Crippen MR) is 72.9 cm³/mol. The molecular formula is C13H13BrF3NO3. The van der Waals surface area contributed by atoms with Gasteiger partial charge in [-0.3, -0.25) is 4.79 Å². The van der Waals surface area contributed by atoms with Crippen LogP contribution in [0.2, 0.25) is 0 Å². The molecule has 21 heavy (non-hydrogen) atoms. The van der Waals surface area contributed by atoms with Crippen LogP contribution in [0.25, 0.3) is 0 Å². The highest BCUT2D eigenvalue weighted by atomic mass is 79.9. The Morgan fingerprint density at radius 3 is 2.29 bits per heavy atom. The average Bonchev–Trinajstić information content (AvgIpc) is 2.33. The van der Waals surface area contributed by atoms with Gasteiger partial charge in [-0.25, -0.2) is 4.79 Å². The first-order valence-corrected chi connectivity index (χ1v) is 6.73. The summed E-state index contributed by atoms with van der Waals surface area (Å²) in [5.41, 5.74) is -1.25. The lowest BCUT2D eigenvalue weighted by Gasteiger charge is -2.18. The topological polar surface area (TPSA) is 66.4 Å². The molecule has 1 aromatic carbocycles. The van der Waals surface area contributed by atoms with Gasteiger partial charge in [0.05, 0.1) is 11.1 Å². The Kier molecular flexibility index (Phi) is 5.38. The SMILES string of the molecule is CC(C)C(NC(=O)c1cc(C(F)(F)F)ccc1Br)C(=O)O. The maximum atomic E-state index is 12.6. The summed E-state index contributed by atoms with van der Waals surface area (Å²) in [7, 11) is 0. The Hall–Kier alpha value is -1.57. The second-order valence-electron chi connectivity index (χ2n) is 4.73. The van der Waals surface area contributed by atoms with E-state index in [1.165, 1.54) is 0 Å². The summed E-state index contributed by atoms with van der Waals surface area (Å²) in [6.07, 6.45) is -4.58. The van der Waals surface area contributed by atoms with Gasteiger partial charge in [-0.15, -0.1) is 0 Å². The van der Waals surface area contributed by atoms with Crippen LogP contribution in [0.3, 0.4) is 0 Å². The van der Waals surface area contributed by atoms with Crippen LogP contribution < -0.4 is 5.32 Å². The van der Waals surface area contributed by atoms with Crippen LogP contribution in [-0.4, -0.2) is 23.0 Å².